The first-order chi connectivity index (χ1) is 9.20. The maximum Gasteiger partial charge on any atom is 0.340 e. The van der Waals surface area contributed by atoms with E-state index in [4.69, 9.17) is 15.8 Å². The molecule has 0 amide bonds. The van der Waals surface area contributed by atoms with Crippen molar-refractivity contribution in [3.05, 3.63) is 41.1 Å². The number of carbonyl (C=O) groups is 1. The number of benzene rings is 1. The summed E-state index contributed by atoms with van der Waals surface area (Å²) >= 11 is 0. The minimum atomic E-state index is -4.25. The molecule has 2 rings (SSSR count). The van der Waals surface area contributed by atoms with Crippen LogP contribution in [-0.2, 0) is 9.05 Å². The van der Waals surface area contributed by atoms with E-state index in [1.165, 1.54) is 0 Å². The SMILES string of the molecule is Cc1cc(C)cc(-n2ncc(C(=O)O)c2S(=O)(=O)Cl)c1. The van der Waals surface area contributed by atoms with Gasteiger partial charge in [0.1, 0.15) is 5.56 Å². The zero-order chi connectivity index (χ0) is 15.1. The molecule has 0 aliphatic carbocycles. The summed E-state index contributed by atoms with van der Waals surface area (Å²) in [5, 5.41) is 12.3. The minimum Gasteiger partial charge on any atom is -0.478 e. The third-order valence-electron chi connectivity index (χ3n) is 2.64. The van der Waals surface area contributed by atoms with Crippen molar-refractivity contribution in [3.8, 4) is 5.69 Å². The number of rotatable bonds is 3. The minimum absolute atomic E-state index is 0.439. The monoisotopic (exact) mass is 314 g/mol. The summed E-state index contributed by atoms with van der Waals surface area (Å²) in [6.07, 6.45) is 0.968. The third kappa shape index (κ3) is 2.68. The fourth-order valence-electron chi connectivity index (χ4n) is 1.98. The number of hydrogen-bond donors (Lipinski definition) is 1. The Hall–Kier alpha value is -1.86. The second-order valence-corrected chi connectivity index (χ2v) is 6.85. The summed E-state index contributed by atoms with van der Waals surface area (Å²) in [6.45, 7) is 3.68. The zero-order valence-electron chi connectivity index (χ0n) is 10.7. The average molecular weight is 315 g/mol. The molecule has 20 heavy (non-hydrogen) atoms. The molecule has 106 valence electrons. The van der Waals surface area contributed by atoms with Crippen molar-refractivity contribution in [1.82, 2.24) is 9.78 Å². The number of carboxylic acid groups (broad SMARTS) is 1. The van der Waals surface area contributed by atoms with Crippen LogP contribution in [0.15, 0.2) is 29.4 Å². The highest BCUT2D eigenvalue weighted by Gasteiger charge is 2.27. The van der Waals surface area contributed by atoms with E-state index in [1.54, 1.807) is 12.1 Å². The Morgan fingerprint density at radius 2 is 1.80 bits per heavy atom. The zero-order valence-corrected chi connectivity index (χ0v) is 12.2. The van der Waals surface area contributed by atoms with Crippen molar-refractivity contribution in [2.75, 3.05) is 0 Å². The highest BCUT2D eigenvalue weighted by molar-refractivity contribution is 8.13. The largest absolute Gasteiger partial charge is 0.478 e. The first-order valence-corrected chi connectivity index (χ1v) is 7.85. The van der Waals surface area contributed by atoms with Crippen LogP contribution in [0.4, 0.5) is 0 Å². The maximum atomic E-state index is 11.6. The maximum absolute atomic E-state index is 11.6. The second kappa shape index (κ2) is 4.92. The molecule has 1 aromatic heterocycles. The highest BCUT2D eigenvalue weighted by atomic mass is 35.7. The van der Waals surface area contributed by atoms with Crippen LogP contribution < -0.4 is 0 Å². The van der Waals surface area contributed by atoms with Gasteiger partial charge in [-0.3, -0.25) is 0 Å². The summed E-state index contributed by atoms with van der Waals surface area (Å²) in [4.78, 5) is 11.1. The van der Waals surface area contributed by atoms with Crippen LogP contribution >= 0.6 is 10.7 Å². The van der Waals surface area contributed by atoms with Crippen molar-refractivity contribution in [2.45, 2.75) is 18.9 Å². The molecule has 1 aromatic carbocycles. The van der Waals surface area contributed by atoms with Crippen molar-refractivity contribution in [3.63, 3.8) is 0 Å². The summed E-state index contributed by atoms with van der Waals surface area (Å²) in [5.74, 6) is -1.40. The number of aromatic nitrogens is 2. The fourth-order valence-corrected chi connectivity index (χ4v) is 3.18. The molecule has 0 aliphatic heterocycles. The third-order valence-corrected chi connectivity index (χ3v) is 3.93. The molecule has 6 nitrogen and oxygen atoms in total. The summed E-state index contributed by atoms with van der Waals surface area (Å²) in [6, 6.07) is 5.29. The molecule has 1 heterocycles. The molecule has 0 saturated carbocycles. The number of carboxylic acids is 1. The van der Waals surface area contributed by atoms with Gasteiger partial charge in [0.25, 0.3) is 9.05 Å². The Bertz CT molecular complexity index is 776. The van der Waals surface area contributed by atoms with Gasteiger partial charge in [-0.15, -0.1) is 0 Å². The van der Waals surface area contributed by atoms with E-state index in [1.807, 2.05) is 19.9 Å². The van der Waals surface area contributed by atoms with Crippen LogP contribution in [-0.4, -0.2) is 29.3 Å². The van der Waals surface area contributed by atoms with Gasteiger partial charge in [0.05, 0.1) is 11.9 Å². The molecule has 0 radical (unpaired) electrons. The van der Waals surface area contributed by atoms with E-state index < -0.39 is 25.6 Å². The standard InChI is InChI=1S/C12H11ClN2O4S/c1-7-3-8(2)5-9(4-7)15-11(20(13,18)19)10(6-14-15)12(16)17/h3-6H,1-2H3,(H,16,17). The number of nitrogens with zero attached hydrogens (tertiary/aromatic N) is 2. The smallest absolute Gasteiger partial charge is 0.340 e. The van der Waals surface area contributed by atoms with E-state index in [0.717, 1.165) is 22.0 Å². The van der Waals surface area contributed by atoms with E-state index >= 15 is 0 Å². The van der Waals surface area contributed by atoms with E-state index in [-0.39, 0.29) is 0 Å². The van der Waals surface area contributed by atoms with Crippen molar-refractivity contribution < 1.29 is 18.3 Å². The molecule has 0 aliphatic rings. The predicted molar refractivity (Wildman–Crippen MR) is 73.0 cm³/mol. The molecule has 1 N–H and O–H groups in total. The van der Waals surface area contributed by atoms with Crippen LogP contribution in [0.3, 0.4) is 0 Å². The topological polar surface area (TPSA) is 89.3 Å². The first kappa shape index (κ1) is 14.5. The van der Waals surface area contributed by atoms with E-state index in [2.05, 4.69) is 5.10 Å². The van der Waals surface area contributed by atoms with Crippen LogP contribution in [0, 0.1) is 13.8 Å². The molecule has 0 saturated heterocycles. The Morgan fingerprint density at radius 3 is 2.25 bits per heavy atom. The molecule has 0 fully saturated rings. The predicted octanol–water partition coefficient (Wildman–Crippen LogP) is 2.11. The summed E-state index contributed by atoms with van der Waals surface area (Å²) < 4.78 is 24.3. The van der Waals surface area contributed by atoms with Crippen LogP contribution in [0.2, 0.25) is 0 Å². The van der Waals surface area contributed by atoms with Gasteiger partial charge in [0, 0.05) is 10.7 Å². The molecule has 2 aromatic rings. The Balaban J connectivity index is 2.78. The summed E-state index contributed by atoms with van der Waals surface area (Å²) in [5.41, 5.74) is 1.77. The van der Waals surface area contributed by atoms with Crippen LogP contribution in [0.5, 0.6) is 0 Å². The van der Waals surface area contributed by atoms with Crippen molar-refractivity contribution in [1.29, 1.82) is 0 Å². The van der Waals surface area contributed by atoms with Gasteiger partial charge >= 0.3 is 5.97 Å². The van der Waals surface area contributed by atoms with Crippen molar-refractivity contribution in [2.24, 2.45) is 0 Å². The van der Waals surface area contributed by atoms with Crippen molar-refractivity contribution >= 4 is 25.7 Å². The van der Waals surface area contributed by atoms with Gasteiger partial charge in [-0.1, -0.05) is 6.07 Å². The van der Waals surface area contributed by atoms with E-state index in [0.29, 0.717) is 5.69 Å². The van der Waals surface area contributed by atoms with Crippen LogP contribution in [0.1, 0.15) is 21.5 Å². The quantitative estimate of drug-likeness (QED) is 0.876. The number of aryl methyl sites for hydroxylation is 2. The van der Waals surface area contributed by atoms with Gasteiger partial charge in [-0.25, -0.2) is 17.9 Å². The highest BCUT2D eigenvalue weighted by Crippen LogP contribution is 2.24. The van der Waals surface area contributed by atoms with Gasteiger partial charge in [-0.2, -0.15) is 5.10 Å². The molecule has 0 bridgehead atoms. The molecular weight excluding hydrogens is 304 g/mol. The number of aromatic carboxylic acids is 1. The lowest BCUT2D eigenvalue weighted by atomic mass is 10.1. The first-order valence-electron chi connectivity index (χ1n) is 5.55. The lowest BCUT2D eigenvalue weighted by Gasteiger charge is -2.08. The molecule has 0 unspecified atom stereocenters. The number of halogens is 1. The summed E-state index contributed by atoms with van der Waals surface area (Å²) in [7, 11) is 1.08. The van der Waals surface area contributed by atoms with E-state index in [9.17, 15) is 13.2 Å². The van der Waals surface area contributed by atoms with Crippen LogP contribution in [0.25, 0.3) is 5.69 Å². The van der Waals surface area contributed by atoms with Gasteiger partial charge < -0.3 is 5.11 Å². The average Bonchev–Trinajstić information content (AvgIpc) is 2.71. The number of hydrogen-bond acceptors (Lipinski definition) is 4. The Kier molecular flexibility index (Phi) is 3.58. The second-order valence-electron chi connectivity index (χ2n) is 4.36. The normalized spacial score (nSPS) is 11.6. The fraction of sp³-hybridized carbons (Fsp3) is 0.167. The molecule has 8 heteroatoms. The lowest BCUT2D eigenvalue weighted by Crippen LogP contribution is -2.09. The lowest BCUT2D eigenvalue weighted by molar-refractivity contribution is 0.0692. The Labute approximate surface area is 120 Å². The van der Waals surface area contributed by atoms with Gasteiger partial charge in [0.15, 0.2) is 5.03 Å². The van der Waals surface area contributed by atoms with Gasteiger partial charge in [-0.05, 0) is 37.1 Å². The van der Waals surface area contributed by atoms with Gasteiger partial charge in [0.2, 0.25) is 0 Å². The Morgan fingerprint density at radius 1 is 1.25 bits per heavy atom. The molecule has 0 atom stereocenters. The molecule has 0 spiro atoms. The molecular formula is C12H11ClN2O4S.